The molecule has 1 amide bonds. The monoisotopic (exact) mass is 920 g/mol. The van der Waals surface area contributed by atoms with E-state index in [-0.39, 0.29) is 18.5 Å². The first-order chi connectivity index (χ1) is 32.0. The molecule has 0 saturated carbocycles. The first-order valence-electron chi connectivity index (χ1n) is 29.8. The first kappa shape index (κ1) is 63.9. The van der Waals surface area contributed by atoms with Gasteiger partial charge >= 0.3 is 5.97 Å². The van der Waals surface area contributed by atoms with Gasteiger partial charge < -0.3 is 20.3 Å². The van der Waals surface area contributed by atoms with Crippen molar-refractivity contribution in [1.29, 1.82) is 0 Å². The first-order valence-corrected chi connectivity index (χ1v) is 29.8. The summed E-state index contributed by atoms with van der Waals surface area (Å²) in [4.78, 5) is 24.5. The molecule has 0 radical (unpaired) electrons. The molecular weight excluding hydrogens is 803 g/mol. The molecule has 2 atom stereocenters. The number of carbonyl (C=O) groups is 2. The van der Waals surface area contributed by atoms with E-state index < -0.39 is 12.1 Å². The summed E-state index contributed by atoms with van der Waals surface area (Å²) >= 11 is 0. The summed E-state index contributed by atoms with van der Waals surface area (Å²) in [6.45, 7) is 4.96. The topological polar surface area (TPSA) is 95.9 Å². The van der Waals surface area contributed by atoms with Gasteiger partial charge in [0.2, 0.25) is 5.91 Å². The molecule has 65 heavy (non-hydrogen) atoms. The Morgan fingerprint density at radius 2 is 0.631 bits per heavy atom. The normalized spacial score (nSPS) is 12.5. The summed E-state index contributed by atoms with van der Waals surface area (Å²) < 4.78 is 5.48. The summed E-state index contributed by atoms with van der Waals surface area (Å²) in [7, 11) is 0. The minimum atomic E-state index is -0.670. The molecule has 0 saturated heterocycles. The lowest BCUT2D eigenvalue weighted by molar-refractivity contribution is -0.143. The standard InChI is InChI=1S/C59H117NO5/c1-3-5-7-9-11-13-15-17-19-20-21-22-23-24-27-31-35-39-43-47-51-57(62)56(55-61)60-58(63)52-48-44-40-36-32-28-25-26-30-34-38-42-46-50-54-65-59(64)53-49-45-41-37-33-29-18-16-14-12-10-8-6-4-2/h56-57,61-62H,3-55H2,1-2H3,(H,60,63). The number of aliphatic hydroxyl groups excluding tert-OH is 2. The van der Waals surface area contributed by atoms with Crippen LogP contribution in [0.2, 0.25) is 0 Å². The minimum Gasteiger partial charge on any atom is -0.466 e. The van der Waals surface area contributed by atoms with Gasteiger partial charge in [0.25, 0.3) is 0 Å². The molecule has 6 heteroatoms. The molecule has 388 valence electrons. The summed E-state index contributed by atoms with van der Waals surface area (Å²) in [5.74, 6) is -0.0397. The van der Waals surface area contributed by atoms with E-state index in [0.29, 0.717) is 25.9 Å². The van der Waals surface area contributed by atoms with Gasteiger partial charge in [0, 0.05) is 12.8 Å². The van der Waals surface area contributed by atoms with E-state index in [1.807, 2.05) is 0 Å². The molecule has 0 aromatic heterocycles. The minimum absolute atomic E-state index is 0.00145. The van der Waals surface area contributed by atoms with Crippen LogP contribution >= 0.6 is 0 Å². The second-order valence-electron chi connectivity index (χ2n) is 20.7. The highest BCUT2D eigenvalue weighted by molar-refractivity contribution is 5.76. The molecule has 0 aromatic carbocycles. The average Bonchev–Trinajstić information content (AvgIpc) is 3.31. The van der Waals surface area contributed by atoms with Crippen molar-refractivity contribution in [2.75, 3.05) is 13.2 Å². The van der Waals surface area contributed by atoms with Crippen molar-refractivity contribution in [3.63, 3.8) is 0 Å². The molecule has 0 aliphatic heterocycles. The van der Waals surface area contributed by atoms with E-state index in [4.69, 9.17) is 4.74 Å². The van der Waals surface area contributed by atoms with Gasteiger partial charge in [-0.25, -0.2) is 0 Å². The van der Waals surface area contributed by atoms with Crippen molar-refractivity contribution in [2.45, 2.75) is 353 Å². The number of aliphatic hydroxyl groups is 2. The summed E-state index contributed by atoms with van der Waals surface area (Å²) in [5, 5.41) is 23.3. The number of rotatable bonds is 56. The van der Waals surface area contributed by atoms with Gasteiger partial charge in [-0.1, -0.05) is 303 Å². The van der Waals surface area contributed by atoms with Crippen LogP contribution in [-0.4, -0.2) is 47.4 Å². The summed E-state index contributed by atoms with van der Waals surface area (Å²) in [6.07, 6.45) is 63.8. The largest absolute Gasteiger partial charge is 0.466 e. The van der Waals surface area contributed by atoms with Gasteiger partial charge in [-0.15, -0.1) is 0 Å². The molecule has 0 spiro atoms. The lowest BCUT2D eigenvalue weighted by Crippen LogP contribution is -2.45. The molecule has 6 nitrogen and oxygen atoms in total. The maximum Gasteiger partial charge on any atom is 0.305 e. The molecule has 0 aliphatic carbocycles. The smallest absolute Gasteiger partial charge is 0.305 e. The van der Waals surface area contributed by atoms with Gasteiger partial charge in [0.15, 0.2) is 0 Å². The zero-order valence-electron chi connectivity index (χ0n) is 44.3. The molecule has 0 aromatic rings. The SMILES string of the molecule is CCCCCCCCCCCCCCCCCCCCCCC(O)C(CO)NC(=O)CCCCCCCCCCCCCCCCOC(=O)CCCCCCCCCCCCCCCC. The average molecular weight is 921 g/mol. The van der Waals surface area contributed by atoms with E-state index in [1.165, 1.54) is 257 Å². The molecule has 0 bridgehead atoms. The molecule has 0 heterocycles. The quantitative estimate of drug-likeness (QED) is 0.0417. The number of esters is 1. The Labute approximate surface area is 406 Å². The fourth-order valence-corrected chi connectivity index (χ4v) is 9.58. The Bertz CT molecular complexity index is 928. The van der Waals surface area contributed by atoms with E-state index in [0.717, 1.165) is 51.4 Å². The Kier molecular flexibility index (Phi) is 54.5. The number of unbranched alkanes of at least 4 members (excludes halogenated alkanes) is 45. The van der Waals surface area contributed by atoms with E-state index in [2.05, 4.69) is 19.2 Å². The molecule has 0 fully saturated rings. The number of carbonyl (C=O) groups excluding carboxylic acids is 2. The zero-order chi connectivity index (χ0) is 47.2. The number of ether oxygens (including phenoxy) is 1. The van der Waals surface area contributed by atoms with Gasteiger partial charge in [-0.2, -0.15) is 0 Å². The van der Waals surface area contributed by atoms with Gasteiger partial charge in [-0.05, 0) is 25.7 Å². The van der Waals surface area contributed by atoms with Gasteiger partial charge in [-0.3, -0.25) is 9.59 Å². The van der Waals surface area contributed by atoms with Crippen LogP contribution in [0.25, 0.3) is 0 Å². The lowest BCUT2D eigenvalue weighted by Gasteiger charge is -2.22. The second kappa shape index (κ2) is 55.5. The summed E-state index contributed by atoms with van der Waals surface area (Å²) in [6, 6.07) is -0.548. The Morgan fingerprint density at radius 1 is 0.369 bits per heavy atom. The zero-order valence-corrected chi connectivity index (χ0v) is 44.3. The maximum atomic E-state index is 12.5. The third kappa shape index (κ3) is 52.1. The van der Waals surface area contributed by atoms with Crippen LogP contribution in [0.1, 0.15) is 341 Å². The predicted octanol–water partition coefficient (Wildman–Crippen LogP) is 18.3. The Balaban J connectivity index is 3.42. The highest BCUT2D eigenvalue weighted by Crippen LogP contribution is 2.18. The van der Waals surface area contributed by atoms with E-state index in [1.54, 1.807) is 0 Å². The van der Waals surface area contributed by atoms with E-state index in [9.17, 15) is 19.8 Å². The van der Waals surface area contributed by atoms with Crippen molar-refractivity contribution in [3.05, 3.63) is 0 Å². The maximum absolute atomic E-state index is 12.5. The van der Waals surface area contributed by atoms with Crippen LogP contribution in [0.4, 0.5) is 0 Å². The lowest BCUT2D eigenvalue weighted by atomic mass is 10.0. The van der Waals surface area contributed by atoms with Crippen molar-refractivity contribution < 1.29 is 24.5 Å². The fraction of sp³-hybridized carbons (Fsp3) is 0.966. The number of hydrogen-bond donors (Lipinski definition) is 3. The van der Waals surface area contributed by atoms with Gasteiger partial charge in [0.05, 0.1) is 25.4 Å². The van der Waals surface area contributed by atoms with Crippen molar-refractivity contribution >= 4 is 11.9 Å². The van der Waals surface area contributed by atoms with Crippen LogP contribution in [0.3, 0.4) is 0 Å². The highest BCUT2D eigenvalue weighted by Gasteiger charge is 2.20. The van der Waals surface area contributed by atoms with Crippen LogP contribution in [0, 0.1) is 0 Å². The Hall–Kier alpha value is -1.14. The van der Waals surface area contributed by atoms with Crippen molar-refractivity contribution in [2.24, 2.45) is 0 Å². The van der Waals surface area contributed by atoms with Crippen LogP contribution in [0.5, 0.6) is 0 Å². The van der Waals surface area contributed by atoms with Crippen molar-refractivity contribution in [1.82, 2.24) is 5.32 Å². The van der Waals surface area contributed by atoms with Crippen LogP contribution in [-0.2, 0) is 14.3 Å². The molecule has 3 N–H and O–H groups in total. The van der Waals surface area contributed by atoms with Gasteiger partial charge in [0.1, 0.15) is 0 Å². The highest BCUT2D eigenvalue weighted by atomic mass is 16.5. The fourth-order valence-electron chi connectivity index (χ4n) is 9.58. The summed E-state index contributed by atoms with van der Waals surface area (Å²) in [5.41, 5.74) is 0. The predicted molar refractivity (Wildman–Crippen MR) is 283 cm³/mol. The molecule has 2 unspecified atom stereocenters. The second-order valence-corrected chi connectivity index (χ2v) is 20.7. The van der Waals surface area contributed by atoms with Crippen LogP contribution < -0.4 is 5.32 Å². The number of amides is 1. The number of nitrogens with one attached hydrogen (secondary N) is 1. The number of hydrogen-bond acceptors (Lipinski definition) is 5. The molecule has 0 rings (SSSR count). The third-order valence-corrected chi connectivity index (χ3v) is 14.2. The molecular formula is C59H117NO5. The molecule has 0 aliphatic rings. The van der Waals surface area contributed by atoms with Crippen molar-refractivity contribution in [3.8, 4) is 0 Å². The van der Waals surface area contributed by atoms with E-state index >= 15 is 0 Å². The van der Waals surface area contributed by atoms with Crippen LogP contribution in [0.15, 0.2) is 0 Å². The third-order valence-electron chi connectivity index (χ3n) is 14.2. The Morgan fingerprint density at radius 3 is 0.938 bits per heavy atom.